The maximum absolute atomic E-state index is 5.40. The lowest BCUT2D eigenvalue weighted by Gasteiger charge is -2.25. The number of hydrogen-bond acceptors (Lipinski definition) is 3. The maximum Gasteiger partial charge on any atom is 0.178 e. The molecule has 0 spiro atoms. The first-order valence-electron chi connectivity index (χ1n) is 7.42. The number of aromatic nitrogens is 1. The Kier molecular flexibility index (Phi) is 3.72. The van der Waals surface area contributed by atoms with Gasteiger partial charge in [-0.3, -0.25) is 0 Å². The van der Waals surface area contributed by atoms with Crippen LogP contribution in [0.5, 0.6) is 0 Å². The van der Waals surface area contributed by atoms with Crippen LogP contribution in [0.3, 0.4) is 0 Å². The molecular weight excluding hydrogens is 272 g/mol. The minimum absolute atomic E-state index is 0.00431. The van der Waals surface area contributed by atoms with E-state index in [9.17, 15) is 0 Å². The molecule has 22 heavy (non-hydrogen) atoms. The molecule has 3 aromatic rings. The highest BCUT2D eigenvalue weighted by atomic mass is 16.5. The lowest BCUT2D eigenvalue weighted by molar-refractivity contribution is 0.457. The number of fused-ring (bicyclic) bond motifs is 1. The molecule has 3 heteroatoms. The molecule has 0 aliphatic rings. The van der Waals surface area contributed by atoms with E-state index in [2.05, 4.69) is 55.2 Å². The SMILES string of the molecule is C=Cc1cccc2onc(NCC(C)(C)c3ccccc3)c12. The third-order valence-electron chi connectivity index (χ3n) is 4.00. The Hall–Kier alpha value is -2.55. The molecule has 0 saturated heterocycles. The Morgan fingerprint density at radius 2 is 1.91 bits per heavy atom. The van der Waals surface area contributed by atoms with E-state index in [-0.39, 0.29) is 5.41 Å². The molecular formula is C19H20N2O. The number of nitrogens with one attached hydrogen (secondary N) is 1. The number of anilines is 1. The van der Waals surface area contributed by atoms with E-state index in [0.29, 0.717) is 0 Å². The summed E-state index contributed by atoms with van der Waals surface area (Å²) in [5, 5.41) is 8.58. The molecule has 0 radical (unpaired) electrons. The van der Waals surface area contributed by atoms with E-state index in [0.717, 1.165) is 28.9 Å². The average Bonchev–Trinajstić information content (AvgIpc) is 2.97. The van der Waals surface area contributed by atoms with Crippen molar-refractivity contribution in [2.75, 3.05) is 11.9 Å². The summed E-state index contributed by atoms with van der Waals surface area (Å²) in [5.74, 6) is 0.773. The summed E-state index contributed by atoms with van der Waals surface area (Å²) < 4.78 is 5.40. The monoisotopic (exact) mass is 292 g/mol. The molecule has 0 fully saturated rings. The van der Waals surface area contributed by atoms with Crippen LogP contribution < -0.4 is 5.32 Å². The Balaban J connectivity index is 1.87. The molecule has 3 nitrogen and oxygen atoms in total. The third-order valence-corrected chi connectivity index (χ3v) is 4.00. The van der Waals surface area contributed by atoms with Crippen LogP contribution in [0.1, 0.15) is 25.0 Å². The summed E-state index contributed by atoms with van der Waals surface area (Å²) >= 11 is 0. The predicted octanol–water partition coefficient (Wildman–Crippen LogP) is 4.86. The third kappa shape index (κ3) is 2.62. The van der Waals surface area contributed by atoms with Gasteiger partial charge in [-0.1, -0.05) is 74.1 Å². The lowest BCUT2D eigenvalue weighted by atomic mass is 9.84. The van der Waals surface area contributed by atoms with Crippen molar-refractivity contribution in [3.8, 4) is 0 Å². The van der Waals surface area contributed by atoms with E-state index in [4.69, 9.17) is 4.52 Å². The maximum atomic E-state index is 5.40. The van der Waals surface area contributed by atoms with Crippen LogP contribution in [0, 0.1) is 0 Å². The molecule has 0 unspecified atom stereocenters. The second-order valence-electron chi connectivity index (χ2n) is 6.06. The van der Waals surface area contributed by atoms with E-state index in [1.807, 2.05) is 30.3 Å². The zero-order valence-corrected chi connectivity index (χ0v) is 13.0. The minimum Gasteiger partial charge on any atom is -0.366 e. The van der Waals surface area contributed by atoms with Gasteiger partial charge in [-0.2, -0.15) is 0 Å². The van der Waals surface area contributed by atoms with Gasteiger partial charge in [0.15, 0.2) is 11.4 Å². The van der Waals surface area contributed by atoms with Crippen molar-refractivity contribution in [1.29, 1.82) is 0 Å². The van der Waals surface area contributed by atoms with E-state index in [1.165, 1.54) is 5.56 Å². The van der Waals surface area contributed by atoms with Gasteiger partial charge in [-0.05, 0) is 17.2 Å². The standard InChI is InChI=1S/C19H20N2O/c1-4-14-9-8-12-16-17(14)18(21-22-16)20-13-19(2,3)15-10-6-5-7-11-15/h4-12H,1,13H2,2-3H3,(H,20,21). The highest BCUT2D eigenvalue weighted by Gasteiger charge is 2.21. The van der Waals surface area contributed by atoms with Crippen molar-refractivity contribution >= 4 is 22.9 Å². The van der Waals surface area contributed by atoms with Crippen molar-refractivity contribution in [1.82, 2.24) is 5.16 Å². The van der Waals surface area contributed by atoms with Gasteiger partial charge >= 0.3 is 0 Å². The zero-order chi connectivity index (χ0) is 15.6. The topological polar surface area (TPSA) is 38.1 Å². The fraction of sp³-hybridized carbons (Fsp3) is 0.211. The summed E-state index contributed by atoms with van der Waals surface area (Å²) in [4.78, 5) is 0. The van der Waals surface area contributed by atoms with Crippen molar-refractivity contribution in [2.45, 2.75) is 19.3 Å². The molecule has 1 heterocycles. The van der Waals surface area contributed by atoms with E-state index < -0.39 is 0 Å². The van der Waals surface area contributed by atoms with Gasteiger partial charge in [0, 0.05) is 12.0 Å². The van der Waals surface area contributed by atoms with Crippen LogP contribution in [-0.4, -0.2) is 11.7 Å². The van der Waals surface area contributed by atoms with Gasteiger partial charge in [-0.25, -0.2) is 0 Å². The number of benzene rings is 2. The molecule has 2 aromatic carbocycles. The summed E-state index contributed by atoms with van der Waals surface area (Å²) in [6.45, 7) is 9.06. The van der Waals surface area contributed by atoms with Gasteiger partial charge in [0.05, 0.1) is 5.39 Å². The van der Waals surface area contributed by atoms with Crippen molar-refractivity contribution in [3.63, 3.8) is 0 Å². The van der Waals surface area contributed by atoms with Crippen molar-refractivity contribution in [2.24, 2.45) is 0 Å². The summed E-state index contributed by atoms with van der Waals surface area (Å²) in [6.07, 6.45) is 1.83. The minimum atomic E-state index is -0.00431. The molecule has 0 aliphatic heterocycles. The molecule has 1 N–H and O–H groups in total. The van der Waals surface area contributed by atoms with Crippen LogP contribution in [0.15, 0.2) is 59.6 Å². The van der Waals surface area contributed by atoms with E-state index >= 15 is 0 Å². The predicted molar refractivity (Wildman–Crippen MR) is 92.1 cm³/mol. The van der Waals surface area contributed by atoms with Gasteiger partial charge in [0.2, 0.25) is 0 Å². The average molecular weight is 292 g/mol. The fourth-order valence-corrected chi connectivity index (χ4v) is 2.60. The van der Waals surface area contributed by atoms with Gasteiger partial charge in [-0.15, -0.1) is 0 Å². The Morgan fingerprint density at radius 1 is 1.14 bits per heavy atom. The smallest absolute Gasteiger partial charge is 0.178 e. The molecule has 0 bridgehead atoms. The highest BCUT2D eigenvalue weighted by molar-refractivity contribution is 5.95. The summed E-state index contributed by atoms with van der Waals surface area (Å²) in [5.41, 5.74) is 3.09. The Bertz CT molecular complexity index is 788. The van der Waals surface area contributed by atoms with Gasteiger partial charge in [0.25, 0.3) is 0 Å². The molecule has 1 aromatic heterocycles. The zero-order valence-electron chi connectivity index (χ0n) is 13.0. The van der Waals surface area contributed by atoms with Gasteiger partial charge < -0.3 is 9.84 Å². The second-order valence-corrected chi connectivity index (χ2v) is 6.06. The molecule has 3 rings (SSSR count). The number of rotatable bonds is 5. The Labute approximate surface area is 130 Å². The van der Waals surface area contributed by atoms with Crippen LogP contribution in [0.25, 0.3) is 17.0 Å². The highest BCUT2D eigenvalue weighted by Crippen LogP contribution is 2.29. The molecule has 112 valence electrons. The normalized spacial score (nSPS) is 11.5. The largest absolute Gasteiger partial charge is 0.366 e. The second kappa shape index (κ2) is 5.68. The quantitative estimate of drug-likeness (QED) is 0.729. The fourth-order valence-electron chi connectivity index (χ4n) is 2.60. The van der Waals surface area contributed by atoms with Crippen LogP contribution in [0.4, 0.5) is 5.82 Å². The van der Waals surface area contributed by atoms with Crippen LogP contribution >= 0.6 is 0 Å². The Morgan fingerprint density at radius 3 is 2.64 bits per heavy atom. The first-order chi connectivity index (χ1) is 10.6. The molecule has 0 atom stereocenters. The molecule has 0 saturated carbocycles. The first kappa shape index (κ1) is 14.4. The molecule has 0 amide bonds. The van der Waals surface area contributed by atoms with E-state index in [1.54, 1.807) is 0 Å². The number of nitrogens with zero attached hydrogens (tertiary/aromatic N) is 1. The first-order valence-corrected chi connectivity index (χ1v) is 7.42. The van der Waals surface area contributed by atoms with Gasteiger partial charge in [0.1, 0.15) is 0 Å². The lowest BCUT2D eigenvalue weighted by Crippen LogP contribution is -2.27. The van der Waals surface area contributed by atoms with Crippen LogP contribution in [0.2, 0.25) is 0 Å². The number of hydrogen-bond donors (Lipinski definition) is 1. The summed E-state index contributed by atoms with van der Waals surface area (Å²) in [7, 11) is 0. The van der Waals surface area contributed by atoms with Crippen molar-refractivity contribution in [3.05, 3.63) is 66.2 Å². The van der Waals surface area contributed by atoms with Crippen LogP contribution in [-0.2, 0) is 5.41 Å². The summed E-state index contributed by atoms with van der Waals surface area (Å²) in [6, 6.07) is 16.4. The van der Waals surface area contributed by atoms with Crippen molar-refractivity contribution < 1.29 is 4.52 Å². The molecule has 0 aliphatic carbocycles.